The zero-order chi connectivity index (χ0) is 37.7. The fourth-order valence-electron chi connectivity index (χ4n) is 2.34. The Hall–Kier alpha value is -4.91. The third-order valence-corrected chi connectivity index (χ3v) is 4.78. The summed E-state index contributed by atoms with van der Waals surface area (Å²) in [4.78, 5) is 72.4. The van der Waals surface area contributed by atoms with Crippen molar-refractivity contribution in [1.82, 2.24) is 19.9 Å². The van der Waals surface area contributed by atoms with Crippen LogP contribution in [0.25, 0.3) is 12.2 Å². The van der Waals surface area contributed by atoms with Crippen molar-refractivity contribution in [2.24, 2.45) is 0 Å². The van der Waals surface area contributed by atoms with Crippen molar-refractivity contribution in [3.05, 3.63) is 48.6 Å². The van der Waals surface area contributed by atoms with Crippen molar-refractivity contribution < 1.29 is 121 Å². The first kappa shape index (κ1) is 48.5. The molecule has 24 nitrogen and oxygen atoms in total. The third kappa shape index (κ3) is 20.8. The van der Waals surface area contributed by atoms with E-state index in [0.29, 0.717) is 11.4 Å². The summed E-state index contributed by atoms with van der Waals surface area (Å²) in [5.41, 5.74) is 1.15. The summed E-state index contributed by atoms with van der Waals surface area (Å²) in [6.07, 6.45) is -8.87. The van der Waals surface area contributed by atoms with Gasteiger partial charge in [0.1, 0.15) is 48.8 Å². The molecule has 0 saturated carbocycles. The predicted molar refractivity (Wildman–Crippen MR) is 133 cm³/mol. The van der Waals surface area contributed by atoms with Gasteiger partial charge in [-0.05, 0) is 24.3 Å². The summed E-state index contributed by atoms with van der Waals surface area (Å²) in [7, 11) is 0. The maximum atomic E-state index is 9.96. The first-order valence-corrected chi connectivity index (χ1v) is 12.2. The largest absolute Gasteiger partial charge is 6.00 e. The Morgan fingerprint density at radius 3 is 0.878 bits per heavy atom. The molecule has 10 N–H and O–H groups in total. The molecule has 49 heavy (non-hydrogen) atoms. The number of nitrogens with zero attached hydrogens (tertiary/aromatic N) is 2. The number of hydrogen-bond acceptors (Lipinski definition) is 22. The van der Waals surface area contributed by atoms with Gasteiger partial charge in [0.15, 0.2) is 0 Å². The van der Waals surface area contributed by atoms with E-state index >= 15 is 0 Å². The van der Waals surface area contributed by atoms with Crippen LogP contribution in [0.4, 0.5) is 0 Å². The summed E-state index contributed by atoms with van der Waals surface area (Å²) in [5, 5.41) is 129. The van der Waals surface area contributed by atoms with Gasteiger partial charge in [0.2, 0.25) is 0 Å². The number of imidazole rings is 2. The van der Waals surface area contributed by atoms with E-state index in [4.69, 9.17) is 40.9 Å². The minimum absolute atomic E-state index is 0. The summed E-state index contributed by atoms with van der Waals surface area (Å²) < 4.78 is 0. The molecule has 0 aliphatic rings. The van der Waals surface area contributed by atoms with Gasteiger partial charge in [0.25, 0.3) is 0 Å². The smallest absolute Gasteiger partial charge is 0.547 e. The van der Waals surface area contributed by atoms with Gasteiger partial charge in [-0.25, -0.2) is 9.97 Å². The number of rotatable bonds is 14. The number of aromatic nitrogens is 4. The van der Waals surface area contributed by atoms with Crippen molar-refractivity contribution in [2.75, 3.05) is 0 Å². The Balaban J connectivity index is -0.000000578. The standard InChI is InChI=1S/2C6H6N2O2.2C6H10O8.Mo/c2*9-6(10)2-1-5-3-7-4-8-5;2*7-1(3(9)5(11)12)2(8)4(10)6(13)14;/h2*1-4H,(H,7,8)(H,9,10);2*1-4,7-10H,(H,11,12)(H,13,14);/q;;;;+6/p-6/t;;2*1-,2-,3-,4+;/m..00./s1. The second-order valence-electron chi connectivity index (χ2n) is 8.31. The molecule has 0 aliphatic carbocycles. The summed E-state index contributed by atoms with van der Waals surface area (Å²) >= 11 is 0. The average molecular weight is 786 g/mol. The third-order valence-electron chi connectivity index (χ3n) is 4.78. The van der Waals surface area contributed by atoms with Crippen LogP contribution < -0.4 is 30.6 Å². The molecule has 0 saturated heterocycles. The van der Waals surface area contributed by atoms with Crippen LogP contribution in [0.15, 0.2) is 37.2 Å². The molecule has 0 bridgehead atoms. The van der Waals surface area contributed by atoms with Crippen LogP contribution in [0.1, 0.15) is 11.4 Å². The number of aromatic amines is 2. The molecular weight excluding hydrogens is 760 g/mol. The van der Waals surface area contributed by atoms with E-state index in [2.05, 4.69) is 19.9 Å². The van der Waals surface area contributed by atoms with E-state index in [9.17, 15) is 59.4 Å². The van der Waals surface area contributed by atoms with Crippen LogP contribution in [0.3, 0.4) is 0 Å². The van der Waals surface area contributed by atoms with E-state index in [1.807, 2.05) is 0 Å². The molecule has 8 atom stereocenters. The quantitative estimate of drug-likeness (QED) is 0.0627. The molecule has 268 valence electrons. The Kier molecular flexibility index (Phi) is 24.9. The van der Waals surface area contributed by atoms with E-state index in [1.165, 1.54) is 24.8 Å². The van der Waals surface area contributed by atoms with Crippen LogP contribution >= 0.6 is 0 Å². The first-order valence-electron chi connectivity index (χ1n) is 12.2. The number of carbonyl (C=O) groups is 6. The first-order chi connectivity index (χ1) is 22.1. The van der Waals surface area contributed by atoms with Crippen LogP contribution in [0, 0.1) is 0 Å². The molecule has 0 unspecified atom stereocenters. The number of nitrogens with one attached hydrogen (secondary N) is 2. The number of aliphatic carboxylic acids is 6. The molecule has 0 radical (unpaired) electrons. The van der Waals surface area contributed by atoms with Crippen molar-refractivity contribution in [1.29, 1.82) is 0 Å². The molecule has 25 heteroatoms. The molecule has 0 fully saturated rings. The van der Waals surface area contributed by atoms with Crippen molar-refractivity contribution in [3.8, 4) is 0 Å². The van der Waals surface area contributed by atoms with Gasteiger partial charge in [-0.3, -0.25) is 0 Å². The van der Waals surface area contributed by atoms with Crippen molar-refractivity contribution in [2.45, 2.75) is 48.8 Å². The fraction of sp³-hybridized carbons (Fsp3) is 0.333. The van der Waals surface area contributed by atoms with Gasteiger partial charge in [-0.1, -0.05) is 0 Å². The molecule has 2 aromatic heterocycles. The topological polar surface area (TPSA) is 460 Å². The number of aliphatic hydroxyl groups excluding tert-OH is 8. The normalized spacial score (nSPS) is 15.3. The van der Waals surface area contributed by atoms with Gasteiger partial charge < -0.3 is 110 Å². The van der Waals surface area contributed by atoms with E-state index < -0.39 is 84.6 Å². The van der Waals surface area contributed by atoms with E-state index in [1.54, 1.807) is 12.4 Å². The van der Waals surface area contributed by atoms with Gasteiger partial charge in [0.05, 0.1) is 59.9 Å². The Morgan fingerprint density at radius 2 is 0.735 bits per heavy atom. The number of carboxylic acid groups (broad SMARTS) is 6. The van der Waals surface area contributed by atoms with Gasteiger partial charge in [-0.15, -0.1) is 0 Å². The molecule has 0 aromatic carbocycles. The molecular formula is C24H26MoN4O20. The fourth-order valence-corrected chi connectivity index (χ4v) is 2.34. The number of carboxylic acids is 6. The van der Waals surface area contributed by atoms with Gasteiger partial charge >= 0.3 is 21.1 Å². The zero-order valence-electron chi connectivity index (χ0n) is 24.0. The number of carbonyl (C=O) groups excluding carboxylic acids is 6. The average Bonchev–Trinajstić information content (AvgIpc) is 3.75. The molecule has 0 spiro atoms. The number of hydrogen-bond donors (Lipinski definition) is 10. The summed E-state index contributed by atoms with van der Waals surface area (Å²) in [6.45, 7) is 0. The zero-order valence-corrected chi connectivity index (χ0v) is 26.0. The van der Waals surface area contributed by atoms with Gasteiger partial charge in [0, 0.05) is 12.4 Å². The summed E-state index contributed by atoms with van der Waals surface area (Å²) in [6, 6.07) is 0. The molecule has 2 heterocycles. The van der Waals surface area contributed by atoms with Crippen LogP contribution in [-0.2, 0) is 49.8 Å². The molecule has 0 aliphatic heterocycles. The van der Waals surface area contributed by atoms with Crippen molar-refractivity contribution >= 4 is 48.0 Å². The Bertz CT molecular complexity index is 1200. The Labute approximate surface area is 286 Å². The summed E-state index contributed by atoms with van der Waals surface area (Å²) in [5.74, 6) is -10.9. The maximum absolute atomic E-state index is 9.96. The van der Waals surface area contributed by atoms with Crippen LogP contribution in [0.5, 0.6) is 0 Å². The number of H-pyrrole nitrogens is 2. The SMILES string of the molecule is O=C([O-])C=Cc1c[nH]cn1.O=C([O-])C=Cc1c[nH]cn1.O=C([O-])[C@@H](O)[C@@H](O)[C@H](O)[C@@H](O)C(=O)[O-].O=C([O-])[C@@H](O)[C@@H](O)[C@H](O)[C@@H](O)C(=O)[O-].[Mo+6]. The van der Waals surface area contributed by atoms with E-state index in [0.717, 1.165) is 12.2 Å². The minimum Gasteiger partial charge on any atom is -0.547 e. The molecule has 2 aromatic rings. The van der Waals surface area contributed by atoms with Gasteiger partial charge in [-0.2, -0.15) is 0 Å². The van der Waals surface area contributed by atoms with Crippen LogP contribution in [-0.4, -0.2) is 145 Å². The second-order valence-corrected chi connectivity index (χ2v) is 8.31. The molecule has 2 rings (SSSR count). The minimum atomic E-state index is -2.50. The molecule has 0 amide bonds. The number of aliphatic hydroxyl groups is 8. The van der Waals surface area contributed by atoms with E-state index in [-0.39, 0.29) is 21.1 Å². The van der Waals surface area contributed by atoms with Crippen molar-refractivity contribution in [3.63, 3.8) is 0 Å². The predicted octanol–water partition coefficient (Wildman–Crippen LogP) is -13.8. The monoisotopic (exact) mass is 788 g/mol. The Morgan fingerprint density at radius 1 is 0.510 bits per heavy atom. The van der Waals surface area contributed by atoms with Crippen LogP contribution in [0.2, 0.25) is 0 Å². The maximum Gasteiger partial charge on any atom is 6.00 e. The second kappa shape index (κ2) is 25.2.